The average molecular weight is 554 g/mol. The second-order valence-corrected chi connectivity index (χ2v) is 7.86. The van der Waals surface area contributed by atoms with E-state index in [0.29, 0.717) is 0 Å². The molecule has 4 nitrogen and oxygen atoms in total. The van der Waals surface area contributed by atoms with Crippen LogP contribution >= 0.6 is 0 Å². The smallest absolute Gasteiger partial charge is 0.173 e. The second-order valence-electron chi connectivity index (χ2n) is 7.86. The van der Waals surface area contributed by atoms with Crippen LogP contribution in [0.3, 0.4) is 0 Å². The normalized spacial score (nSPS) is 12.5. The van der Waals surface area contributed by atoms with Crippen LogP contribution in [0.2, 0.25) is 0 Å². The molecule has 2 N–H and O–H groups in total. The van der Waals surface area contributed by atoms with Gasteiger partial charge in [-0.15, -0.1) is 0 Å². The number of benzene rings is 2. The standard InChI is InChI=1S/C26H24N4.2BrH/c1-2-22-4-3-21(1)17-27-25-9-13-29(14-10-25)19-23-5-7-24(8-6-23)20-30-15-11-26(12-16-30)28-18-22;;/h1-16H,17-20H2;2*1H. The molecule has 32 heavy (non-hydrogen) atoms. The van der Waals surface area contributed by atoms with Gasteiger partial charge in [0.1, 0.15) is 0 Å². The van der Waals surface area contributed by atoms with Gasteiger partial charge in [-0.3, -0.25) is 0 Å². The third kappa shape index (κ3) is 6.17. The zero-order valence-corrected chi connectivity index (χ0v) is 20.9. The van der Waals surface area contributed by atoms with Crippen molar-refractivity contribution in [2.24, 2.45) is 0 Å². The molecule has 2 aromatic carbocycles. The number of halogens is 2. The lowest BCUT2D eigenvalue weighted by atomic mass is 10.1. The minimum atomic E-state index is 0. The van der Waals surface area contributed by atoms with Crippen LogP contribution < -0.4 is 53.7 Å². The molecule has 164 valence electrons. The van der Waals surface area contributed by atoms with Crippen molar-refractivity contribution >= 4 is 11.4 Å². The molecule has 9 aliphatic rings. The Morgan fingerprint density at radius 3 is 1.09 bits per heavy atom. The molecule has 4 aromatic rings. The molecule has 0 saturated heterocycles. The highest BCUT2D eigenvalue weighted by molar-refractivity contribution is 5.42. The Kier molecular flexibility index (Phi) is 8.42. The molecular weight excluding hydrogens is 528 g/mol. The molecule has 0 fully saturated rings. The van der Waals surface area contributed by atoms with Gasteiger partial charge in [-0.05, 0) is 11.1 Å². The first-order valence-corrected chi connectivity index (χ1v) is 10.4. The maximum absolute atomic E-state index is 3.51. The summed E-state index contributed by atoms with van der Waals surface area (Å²) in [4.78, 5) is 0. The maximum atomic E-state index is 3.51. The first kappa shape index (κ1) is 24.0. The fourth-order valence-corrected chi connectivity index (χ4v) is 3.72. The zero-order valence-electron chi connectivity index (χ0n) is 17.7. The first-order valence-electron chi connectivity index (χ1n) is 10.4. The van der Waals surface area contributed by atoms with Crippen molar-refractivity contribution in [2.45, 2.75) is 26.2 Å². The van der Waals surface area contributed by atoms with Crippen LogP contribution in [0.15, 0.2) is 97.6 Å². The Hall–Kier alpha value is -2.70. The van der Waals surface area contributed by atoms with E-state index in [2.05, 4.69) is 117 Å². The van der Waals surface area contributed by atoms with E-state index in [0.717, 1.165) is 37.6 Å². The summed E-state index contributed by atoms with van der Waals surface area (Å²) < 4.78 is 4.42. The summed E-state index contributed by atoms with van der Waals surface area (Å²) in [5.41, 5.74) is 7.42. The molecule has 0 amide bonds. The number of nitrogens with one attached hydrogen (secondary N) is 2. The Labute approximate surface area is 210 Å². The Morgan fingerprint density at radius 2 is 0.750 bits per heavy atom. The number of anilines is 2. The Bertz CT molecular complexity index is 1020. The molecule has 0 aliphatic carbocycles. The highest BCUT2D eigenvalue weighted by Gasteiger charge is 2.07. The molecule has 2 aromatic heterocycles. The predicted molar refractivity (Wildman–Crippen MR) is 119 cm³/mol. The molecule has 0 spiro atoms. The zero-order chi connectivity index (χ0) is 20.2. The topological polar surface area (TPSA) is 31.8 Å². The van der Waals surface area contributed by atoms with Crippen molar-refractivity contribution in [3.05, 3.63) is 120 Å². The fourth-order valence-electron chi connectivity index (χ4n) is 3.72. The maximum Gasteiger partial charge on any atom is 0.173 e. The third-order valence-corrected chi connectivity index (χ3v) is 5.55. The van der Waals surface area contributed by atoms with Crippen LogP contribution in [0.25, 0.3) is 0 Å². The van der Waals surface area contributed by atoms with Gasteiger partial charge in [0.05, 0.1) is 0 Å². The first-order chi connectivity index (χ1) is 14.8. The van der Waals surface area contributed by atoms with Crippen molar-refractivity contribution in [2.75, 3.05) is 10.6 Å². The van der Waals surface area contributed by atoms with Gasteiger partial charge >= 0.3 is 0 Å². The van der Waals surface area contributed by atoms with E-state index in [1.165, 1.54) is 22.3 Å². The van der Waals surface area contributed by atoms with Gasteiger partial charge in [0, 0.05) is 59.9 Å². The summed E-state index contributed by atoms with van der Waals surface area (Å²) in [7, 11) is 0. The van der Waals surface area contributed by atoms with Crippen molar-refractivity contribution in [3.63, 3.8) is 0 Å². The molecule has 0 atom stereocenters. The van der Waals surface area contributed by atoms with Gasteiger partial charge < -0.3 is 44.6 Å². The largest absolute Gasteiger partial charge is 1.00 e. The molecule has 8 bridgehead atoms. The lowest BCUT2D eigenvalue weighted by molar-refractivity contribution is -0.688. The van der Waals surface area contributed by atoms with Crippen LogP contribution in [0.4, 0.5) is 11.4 Å². The van der Waals surface area contributed by atoms with E-state index < -0.39 is 0 Å². The summed E-state index contributed by atoms with van der Waals surface area (Å²) in [5.74, 6) is 0. The second kappa shape index (κ2) is 11.2. The molecule has 13 rings (SSSR count). The van der Waals surface area contributed by atoms with Crippen molar-refractivity contribution in [1.29, 1.82) is 0 Å². The van der Waals surface area contributed by atoms with Crippen molar-refractivity contribution in [3.8, 4) is 0 Å². The predicted octanol–water partition coefficient (Wildman–Crippen LogP) is -2.10. The molecule has 0 radical (unpaired) electrons. The average Bonchev–Trinajstić information content (AvgIpc) is 2.80. The number of hydrogen-bond donors (Lipinski definition) is 2. The van der Waals surface area contributed by atoms with Crippen molar-refractivity contribution in [1.82, 2.24) is 0 Å². The number of aromatic nitrogens is 2. The van der Waals surface area contributed by atoms with E-state index in [1.807, 2.05) is 0 Å². The van der Waals surface area contributed by atoms with E-state index in [1.54, 1.807) is 0 Å². The van der Waals surface area contributed by atoms with Gasteiger partial charge in [-0.25, -0.2) is 9.13 Å². The van der Waals surface area contributed by atoms with Gasteiger partial charge in [-0.1, -0.05) is 48.5 Å². The van der Waals surface area contributed by atoms with Gasteiger partial charge in [0.15, 0.2) is 37.9 Å². The molecule has 11 heterocycles. The van der Waals surface area contributed by atoms with Crippen LogP contribution in [0.1, 0.15) is 22.3 Å². The van der Waals surface area contributed by atoms with Crippen molar-refractivity contribution < 1.29 is 43.1 Å². The van der Waals surface area contributed by atoms with Gasteiger partial charge in [0.2, 0.25) is 0 Å². The molecule has 6 heteroatoms. The number of hydrogen-bond acceptors (Lipinski definition) is 2. The summed E-state index contributed by atoms with van der Waals surface area (Å²) >= 11 is 0. The van der Waals surface area contributed by atoms with Gasteiger partial charge in [-0.2, -0.15) is 0 Å². The lowest BCUT2D eigenvalue weighted by Gasteiger charge is -2.09. The summed E-state index contributed by atoms with van der Waals surface area (Å²) in [6, 6.07) is 26.2. The molecule has 0 saturated carbocycles. The molecular formula is C26H26Br2N4. The van der Waals surface area contributed by atoms with E-state index in [9.17, 15) is 0 Å². The minimum Gasteiger partial charge on any atom is -1.00 e. The Balaban J connectivity index is 0.00000144. The lowest BCUT2D eigenvalue weighted by Crippen LogP contribution is -3.00. The van der Waals surface area contributed by atoms with Crippen LogP contribution in [0.5, 0.6) is 0 Å². The molecule has 0 unspecified atom stereocenters. The number of pyridine rings is 2. The molecule has 9 aliphatic heterocycles. The SMILES string of the molecule is [Br-].[Br-].c1cc2ccc1CNc1cc[n+](cc1)Cc1ccc(cc1)C[n+]1ccc(cc1)NC2. The quantitative estimate of drug-likeness (QED) is 0.245. The summed E-state index contributed by atoms with van der Waals surface area (Å²) in [6.45, 7) is 3.38. The third-order valence-electron chi connectivity index (χ3n) is 5.55. The van der Waals surface area contributed by atoms with Crippen LogP contribution in [0, 0.1) is 0 Å². The minimum absolute atomic E-state index is 0. The van der Waals surface area contributed by atoms with E-state index in [4.69, 9.17) is 0 Å². The Morgan fingerprint density at radius 1 is 0.438 bits per heavy atom. The fraction of sp³-hybridized carbons (Fsp3) is 0.154. The highest BCUT2D eigenvalue weighted by Crippen LogP contribution is 2.12. The van der Waals surface area contributed by atoms with Crippen LogP contribution in [-0.2, 0) is 26.2 Å². The van der Waals surface area contributed by atoms with Crippen LogP contribution in [-0.4, -0.2) is 0 Å². The summed E-state index contributed by atoms with van der Waals surface area (Å²) in [6.07, 6.45) is 8.53. The van der Waals surface area contributed by atoms with E-state index >= 15 is 0 Å². The number of nitrogens with zero attached hydrogens (tertiary/aromatic N) is 2. The summed E-state index contributed by atoms with van der Waals surface area (Å²) in [5, 5.41) is 7.02. The monoisotopic (exact) mass is 552 g/mol. The number of rotatable bonds is 0. The van der Waals surface area contributed by atoms with Gasteiger partial charge in [0.25, 0.3) is 0 Å². The highest BCUT2D eigenvalue weighted by atomic mass is 79.9. The van der Waals surface area contributed by atoms with E-state index in [-0.39, 0.29) is 34.0 Å².